The first-order chi connectivity index (χ1) is 19.7. The average Bonchev–Trinajstić information content (AvgIpc) is 3.63. The van der Waals surface area contributed by atoms with E-state index in [0.717, 1.165) is 5.56 Å². The number of H-pyrrole nitrogens is 1. The van der Waals surface area contributed by atoms with Crippen molar-refractivity contribution in [3.63, 3.8) is 0 Å². The number of carbonyl (C=O) groups is 3. The number of hydrogen-bond donors (Lipinski definition) is 2. The summed E-state index contributed by atoms with van der Waals surface area (Å²) in [4.78, 5) is 45.3. The van der Waals surface area contributed by atoms with Crippen molar-refractivity contribution in [3.05, 3.63) is 101 Å². The molecule has 1 amide bonds. The maximum atomic E-state index is 14.8. The van der Waals surface area contributed by atoms with Gasteiger partial charge in [-0.05, 0) is 48.7 Å². The number of halogens is 2. The number of pyridine rings is 1. The van der Waals surface area contributed by atoms with Gasteiger partial charge in [0, 0.05) is 50.5 Å². The molecule has 5 rings (SSSR count). The van der Waals surface area contributed by atoms with E-state index in [9.17, 15) is 28.3 Å². The molecule has 2 aromatic carbocycles. The van der Waals surface area contributed by atoms with Crippen molar-refractivity contribution in [1.29, 1.82) is 0 Å². The molecule has 1 saturated heterocycles. The number of ketones is 1. The number of nitrogens with zero attached hydrogens (tertiary/aromatic N) is 2. The third-order valence-electron chi connectivity index (χ3n) is 7.00. The molecule has 1 atom stereocenters. The minimum atomic E-state index is -0.908. The Morgan fingerprint density at radius 3 is 2.54 bits per heavy atom. The van der Waals surface area contributed by atoms with Crippen molar-refractivity contribution in [2.75, 3.05) is 13.1 Å². The molecule has 1 aliphatic heterocycles. The van der Waals surface area contributed by atoms with E-state index >= 15 is 0 Å². The van der Waals surface area contributed by atoms with E-state index < -0.39 is 23.5 Å². The van der Waals surface area contributed by atoms with Gasteiger partial charge < -0.3 is 19.7 Å². The fraction of sp³-hybridized carbons (Fsp3) is 0.226. The van der Waals surface area contributed by atoms with Gasteiger partial charge in [0.05, 0.1) is 22.9 Å². The maximum absolute atomic E-state index is 14.8. The van der Waals surface area contributed by atoms with Gasteiger partial charge in [-0.3, -0.25) is 19.4 Å². The Kier molecular flexibility index (Phi) is 7.91. The van der Waals surface area contributed by atoms with Crippen LogP contribution in [0.1, 0.15) is 33.5 Å². The van der Waals surface area contributed by atoms with Crippen LogP contribution in [0.4, 0.5) is 8.78 Å². The Hall–Kier alpha value is -4.86. The maximum Gasteiger partial charge on any atom is 0.308 e. The minimum absolute atomic E-state index is 0.127. The van der Waals surface area contributed by atoms with Crippen LogP contribution >= 0.6 is 0 Å². The zero-order valence-corrected chi connectivity index (χ0v) is 22.2. The molecule has 2 aromatic heterocycles. The standard InChI is InChI=1S/C31H27F2N3O5/c1-18-2-5-26(32)21(10-18)12-23(37)11-19-3-4-24(14-27(19)33)41-25-6-8-34-29(15-25)28-13-22(16-35-28)30(38)36-9-7-20(17-36)31(39)40/h2-6,8,10,13-16,20,35H,7,9,11-12,17H2,1H3,(H,39,40). The van der Waals surface area contributed by atoms with E-state index in [1.165, 1.54) is 29.3 Å². The summed E-state index contributed by atoms with van der Waals surface area (Å²) in [6.45, 7) is 2.36. The van der Waals surface area contributed by atoms with E-state index in [1.54, 1.807) is 42.6 Å². The number of carboxylic acids is 1. The highest BCUT2D eigenvalue weighted by molar-refractivity contribution is 5.95. The first-order valence-corrected chi connectivity index (χ1v) is 13.1. The number of nitrogens with one attached hydrogen (secondary N) is 1. The summed E-state index contributed by atoms with van der Waals surface area (Å²) < 4.78 is 34.6. The molecule has 1 fully saturated rings. The predicted octanol–water partition coefficient (Wildman–Crippen LogP) is 5.36. The number of ether oxygens (including phenoxy) is 1. The number of aromatic amines is 1. The molecule has 1 aliphatic rings. The minimum Gasteiger partial charge on any atom is -0.481 e. The Balaban J connectivity index is 1.23. The van der Waals surface area contributed by atoms with Gasteiger partial charge in [-0.1, -0.05) is 23.8 Å². The lowest BCUT2D eigenvalue weighted by molar-refractivity contribution is -0.141. The molecule has 0 aliphatic carbocycles. The summed E-state index contributed by atoms with van der Waals surface area (Å²) in [6.07, 6.45) is 3.17. The van der Waals surface area contributed by atoms with Crippen molar-refractivity contribution in [2.45, 2.75) is 26.2 Å². The molecule has 10 heteroatoms. The highest BCUT2D eigenvalue weighted by Gasteiger charge is 2.31. The third kappa shape index (κ3) is 6.49. The summed E-state index contributed by atoms with van der Waals surface area (Å²) in [7, 11) is 0. The zero-order valence-electron chi connectivity index (χ0n) is 22.2. The summed E-state index contributed by atoms with van der Waals surface area (Å²) in [5.74, 6) is -2.53. The normalized spacial score (nSPS) is 14.7. The van der Waals surface area contributed by atoms with Crippen LogP contribution in [0.2, 0.25) is 0 Å². The summed E-state index contributed by atoms with van der Waals surface area (Å²) >= 11 is 0. The number of aryl methyl sites for hydroxylation is 1. The van der Waals surface area contributed by atoms with Crippen molar-refractivity contribution < 1.29 is 33.0 Å². The van der Waals surface area contributed by atoms with E-state index in [-0.39, 0.29) is 48.0 Å². The van der Waals surface area contributed by atoms with Crippen LogP contribution in [0.15, 0.2) is 67.0 Å². The fourth-order valence-corrected chi connectivity index (χ4v) is 4.81. The summed E-state index contributed by atoms with van der Waals surface area (Å²) in [6, 6.07) is 13.6. The molecule has 8 nitrogen and oxygen atoms in total. The number of aromatic nitrogens is 2. The largest absolute Gasteiger partial charge is 0.481 e. The first-order valence-electron chi connectivity index (χ1n) is 13.1. The quantitative estimate of drug-likeness (QED) is 0.286. The van der Waals surface area contributed by atoms with Gasteiger partial charge >= 0.3 is 5.97 Å². The zero-order chi connectivity index (χ0) is 29.1. The van der Waals surface area contributed by atoms with Gasteiger partial charge in [0.1, 0.15) is 28.9 Å². The van der Waals surface area contributed by atoms with Crippen LogP contribution in [0.5, 0.6) is 11.5 Å². The highest BCUT2D eigenvalue weighted by Crippen LogP contribution is 2.28. The molecule has 41 heavy (non-hydrogen) atoms. The summed E-state index contributed by atoms with van der Waals surface area (Å²) in [5.41, 5.74) is 2.73. The number of likely N-dealkylation sites (tertiary alicyclic amines) is 1. The van der Waals surface area contributed by atoms with Crippen molar-refractivity contribution in [3.8, 4) is 22.9 Å². The molecule has 0 spiro atoms. The number of carbonyl (C=O) groups excluding carboxylic acids is 2. The number of Topliss-reactive ketones (excluding diaryl/α,β-unsaturated/α-hetero) is 1. The lowest BCUT2D eigenvalue weighted by Gasteiger charge is -2.14. The average molecular weight is 560 g/mol. The SMILES string of the molecule is Cc1ccc(F)c(CC(=O)Cc2ccc(Oc3ccnc(-c4cc(C(=O)N5CCC(C(=O)O)C5)c[nH]4)c3)cc2F)c1. The second kappa shape index (κ2) is 11.7. The van der Waals surface area contributed by atoms with E-state index in [1.807, 2.05) is 6.92 Å². The first kappa shape index (κ1) is 27.7. The Morgan fingerprint density at radius 2 is 1.78 bits per heavy atom. The van der Waals surface area contributed by atoms with Crippen molar-refractivity contribution in [2.24, 2.45) is 5.92 Å². The molecular formula is C31H27F2N3O5. The second-order valence-electron chi connectivity index (χ2n) is 10.1. The number of hydrogen-bond acceptors (Lipinski definition) is 5. The van der Waals surface area contributed by atoms with Gasteiger partial charge in [0.15, 0.2) is 0 Å². The molecule has 210 valence electrons. The second-order valence-corrected chi connectivity index (χ2v) is 10.1. The van der Waals surface area contributed by atoms with Crippen LogP contribution in [-0.2, 0) is 22.4 Å². The lowest BCUT2D eigenvalue weighted by atomic mass is 10.0. The van der Waals surface area contributed by atoms with Crippen molar-refractivity contribution >= 4 is 17.7 Å². The van der Waals surface area contributed by atoms with Crippen LogP contribution in [0.25, 0.3) is 11.4 Å². The lowest BCUT2D eigenvalue weighted by Crippen LogP contribution is -2.29. The molecular weight excluding hydrogens is 532 g/mol. The monoisotopic (exact) mass is 559 g/mol. The molecule has 0 saturated carbocycles. The molecule has 2 N–H and O–H groups in total. The van der Waals surface area contributed by atoms with Crippen LogP contribution in [-0.4, -0.2) is 50.7 Å². The molecule has 4 aromatic rings. The smallest absolute Gasteiger partial charge is 0.308 e. The van der Waals surface area contributed by atoms with Crippen LogP contribution < -0.4 is 4.74 Å². The number of rotatable bonds is 9. The van der Waals surface area contributed by atoms with Gasteiger partial charge in [-0.25, -0.2) is 8.78 Å². The van der Waals surface area contributed by atoms with Gasteiger partial charge in [0.2, 0.25) is 0 Å². The molecule has 0 bridgehead atoms. The number of benzene rings is 2. The van der Waals surface area contributed by atoms with Crippen LogP contribution in [0, 0.1) is 24.5 Å². The van der Waals surface area contributed by atoms with Gasteiger partial charge in [-0.15, -0.1) is 0 Å². The number of aliphatic carboxylic acids is 1. The Morgan fingerprint density at radius 1 is 1.00 bits per heavy atom. The molecule has 1 unspecified atom stereocenters. The number of carboxylic acid groups (broad SMARTS) is 1. The van der Waals surface area contributed by atoms with E-state index in [2.05, 4.69) is 9.97 Å². The Bertz CT molecular complexity index is 1630. The third-order valence-corrected chi connectivity index (χ3v) is 7.00. The number of amides is 1. The van der Waals surface area contributed by atoms with Crippen LogP contribution in [0.3, 0.4) is 0 Å². The molecule has 3 heterocycles. The van der Waals surface area contributed by atoms with E-state index in [0.29, 0.717) is 35.7 Å². The highest BCUT2D eigenvalue weighted by atomic mass is 19.1. The van der Waals surface area contributed by atoms with Crippen molar-refractivity contribution in [1.82, 2.24) is 14.9 Å². The topological polar surface area (TPSA) is 113 Å². The Labute approximate surface area is 234 Å². The van der Waals surface area contributed by atoms with Gasteiger partial charge in [-0.2, -0.15) is 0 Å². The van der Waals surface area contributed by atoms with Gasteiger partial charge in [0.25, 0.3) is 5.91 Å². The summed E-state index contributed by atoms with van der Waals surface area (Å²) in [5, 5.41) is 9.19. The predicted molar refractivity (Wildman–Crippen MR) is 146 cm³/mol. The fourth-order valence-electron chi connectivity index (χ4n) is 4.81. The molecule has 0 radical (unpaired) electrons. The van der Waals surface area contributed by atoms with E-state index in [4.69, 9.17) is 4.74 Å².